The number of hydrogen-bond acceptors (Lipinski definition) is 1. The predicted molar refractivity (Wildman–Crippen MR) is 146 cm³/mol. The zero-order valence-electron chi connectivity index (χ0n) is 19.2. The van der Waals surface area contributed by atoms with Crippen molar-refractivity contribution in [2.75, 3.05) is 0 Å². The summed E-state index contributed by atoms with van der Waals surface area (Å²) in [6.45, 7) is 8.12. The highest BCUT2D eigenvalue weighted by molar-refractivity contribution is 6.11. The lowest BCUT2D eigenvalue weighted by Gasteiger charge is -2.16. The zero-order valence-corrected chi connectivity index (χ0v) is 19.2. The molecule has 0 unspecified atom stereocenters. The Morgan fingerprint density at radius 3 is 1.42 bits per heavy atom. The molecule has 0 saturated heterocycles. The third kappa shape index (κ3) is 2.67. The third-order valence-electron chi connectivity index (χ3n) is 6.96. The van der Waals surface area contributed by atoms with Crippen LogP contribution in [0.1, 0.15) is 5.56 Å². The van der Waals surface area contributed by atoms with Gasteiger partial charge in [0.1, 0.15) is 6.07 Å². The van der Waals surface area contributed by atoms with Crippen LogP contribution in [0, 0.1) is 17.9 Å². The molecule has 0 atom stereocenters. The molecule has 5 aromatic carbocycles. The van der Waals surface area contributed by atoms with E-state index in [-0.39, 0.29) is 0 Å². The number of hydrogen-bond donors (Lipinski definition) is 0. The average molecular weight is 459 g/mol. The molecule has 0 amide bonds. The highest BCUT2D eigenvalue weighted by atomic mass is 15.0. The molecule has 0 saturated carbocycles. The predicted octanol–water partition coefficient (Wildman–Crippen LogP) is 8.30. The molecule has 0 aliphatic carbocycles. The minimum Gasteiger partial charge on any atom is -0.318 e. The second-order valence-electron chi connectivity index (χ2n) is 8.82. The Labute approximate surface area is 207 Å². The molecule has 166 valence electrons. The van der Waals surface area contributed by atoms with Crippen LogP contribution in [0.2, 0.25) is 0 Å². The average Bonchev–Trinajstić information content (AvgIpc) is 3.45. The molecule has 36 heavy (non-hydrogen) atoms. The van der Waals surface area contributed by atoms with Crippen LogP contribution in [-0.4, -0.2) is 9.13 Å². The monoisotopic (exact) mass is 458 g/mol. The minimum atomic E-state index is 0.442. The van der Waals surface area contributed by atoms with Crippen LogP contribution in [0.15, 0.2) is 109 Å². The van der Waals surface area contributed by atoms with Gasteiger partial charge in [-0.05, 0) is 36.4 Å². The van der Waals surface area contributed by atoms with Crippen LogP contribution < -0.4 is 0 Å². The van der Waals surface area contributed by atoms with Gasteiger partial charge < -0.3 is 9.13 Å². The van der Waals surface area contributed by atoms with E-state index < -0.39 is 0 Å². The molecule has 0 spiro atoms. The van der Waals surface area contributed by atoms with Crippen LogP contribution in [0.25, 0.3) is 59.8 Å². The van der Waals surface area contributed by atoms with Gasteiger partial charge in [-0.3, -0.25) is 0 Å². The molecule has 4 heteroatoms. The van der Waals surface area contributed by atoms with E-state index in [1.807, 2.05) is 72.8 Å². The van der Waals surface area contributed by atoms with Crippen molar-refractivity contribution < 1.29 is 0 Å². The Morgan fingerprint density at radius 2 is 1.00 bits per heavy atom. The largest absolute Gasteiger partial charge is 0.318 e. The maximum Gasteiger partial charge on any atom is 0.214 e. The molecule has 0 aliphatic heterocycles. The molecule has 2 heterocycles. The smallest absolute Gasteiger partial charge is 0.214 e. The van der Waals surface area contributed by atoms with Gasteiger partial charge in [0.2, 0.25) is 5.69 Å². The zero-order chi connectivity index (χ0) is 24.2. The van der Waals surface area contributed by atoms with Gasteiger partial charge in [-0.2, -0.15) is 5.26 Å². The maximum absolute atomic E-state index is 10.4. The summed E-state index contributed by atoms with van der Waals surface area (Å²) in [5.41, 5.74) is 6.37. The fourth-order valence-corrected chi connectivity index (χ4v) is 5.50. The van der Waals surface area contributed by atoms with Gasteiger partial charge in [0, 0.05) is 27.2 Å². The Bertz CT molecular complexity index is 1930. The van der Waals surface area contributed by atoms with Crippen molar-refractivity contribution in [3.63, 3.8) is 0 Å². The van der Waals surface area contributed by atoms with E-state index in [0.29, 0.717) is 16.9 Å². The van der Waals surface area contributed by atoms with Gasteiger partial charge >= 0.3 is 0 Å². The first-order valence-electron chi connectivity index (χ1n) is 11.7. The summed E-state index contributed by atoms with van der Waals surface area (Å²) < 4.78 is 4.21. The molecule has 0 fully saturated rings. The molecule has 0 N–H and O–H groups in total. The molecule has 0 bridgehead atoms. The number of benzene rings is 5. The first-order valence-corrected chi connectivity index (χ1v) is 11.7. The van der Waals surface area contributed by atoms with E-state index in [4.69, 9.17) is 6.57 Å². The molecule has 7 aromatic rings. The lowest BCUT2D eigenvalue weighted by atomic mass is 10.1. The van der Waals surface area contributed by atoms with E-state index in [1.54, 1.807) is 0 Å². The highest BCUT2D eigenvalue weighted by Gasteiger charge is 2.20. The first-order chi connectivity index (χ1) is 17.8. The van der Waals surface area contributed by atoms with Gasteiger partial charge in [-0.1, -0.05) is 72.8 Å². The summed E-state index contributed by atoms with van der Waals surface area (Å²) in [5, 5.41) is 14.8. The van der Waals surface area contributed by atoms with E-state index in [1.165, 1.54) is 0 Å². The van der Waals surface area contributed by atoms with Gasteiger partial charge in [0.15, 0.2) is 0 Å². The first kappa shape index (κ1) is 20.1. The number of para-hydroxylation sites is 4. The van der Waals surface area contributed by atoms with Crippen LogP contribution in [0.3, 0.4) is 0 Å². The van der Waals surface area contributed by atoms with Gasteiger partial charge in [-0.25, -0.2) is 4.85 Å². The van der Waals surface area contributed by atoms with Crippen LogP contribution in [0.5, 0.6) is 0 Å². The van der Waals surface area contributed by atoms with Crippen LogP contribution in [0.4, 0.5) is 5.69 Å². The number of fused-ring (bicyclic) bond motifs is 6. The number of nitrogens with zero attached hydrogens (tertiary/aromatic N) is 4. The summed E-state index contributed by atoms with van der Waals surface area (Å²) in [5.74, 6) is 0. The van der Waals surface area contributed by atoms with Crippen molar-refractivity contribution in [3.05, 3.63) is 126 Å². The Hall–Kier alpha value is -5.32. The van der Waals surface area contributed by atoms with Crippen molar-refractivity contribution in [3.8, 4) is 17.4 Å². The molecule has 0 radical (unpaired) electrons. The summed E-state index contributed by atoms with van der Waals surface area (Å²) in [4.78, 5) is 3.94. The molecule has 2 aromatic heterocycles. The number of rotatable bonds is 2. The Morgan fingerprint density at radius 1 is 0.583 bits per heavy atom. The van der Waals surface area contributed by atoms with Crippen molar-refractivity contribution in [2.45, 2.75) is 0 Å². The topological polar surface area (TPSA) is 38.0 Å². The fourth-order valence-electron chi connectivity index (χ4n) is 5.50. The quantitative estimate of drug-likeness (QED) is 0.240. The lowest BCUT2D eigenvalue weighted by Crippen LogP contribution is -2.01. The summed E-state index contributed by atoms with van der Waals surface area (Å²) in [6.07, 6.45) is 0. The van der Waals surface area contributed by atoms with Crippen LogP contribution in [-0.2, 0) is 0 Å². The summed E-state index contributed by atoms with van der Waals surface area (Å²) >= 11 is 0. The molecular formula is C32H18N4. The number of aromatic nitrogens is 2. The van der Waals surface area contributed by atoms with Crippen molar-refractivity contribution in [1.82, 2.24) is 9.13 Å². The third-order valence-corrected chi connectivity index (χ3v) is 6.96. The number of nitriles is 1. The van der Waals surface area contributed by atoms with Crippen molar-refractivity contribution in [2.24, 2.45) is 0 Å². The Balaban J connectivity index is 1.60. The summed E-state index contributed by atoms with van der Waals surface area (Å²) in [6, 6.07) is 39.0. The second kappa shape index (κ2) is 7.60. The highest BCUT2D eigenvalue weighted by Crippen LogP contribution is 2.40. The van der Waals surface area contributed by atoms with Gasteiger partial charge in [-0.15, -0.1) is 0 Å². The standard InChI is InChI=1S/C32H18N4/c1-34-27-19-22(35-28-14-6-2-10-23(28)24-11-3-7-15-29(24)35)18-21(20-33)32(27)36-30-16-8-4-12-25(30)26-13-5-9-17-31(26)36/h2-19H. The molecular weight excluding hydrogens is 440 g/mol. The normalized spacial score (nSPS) is 11.3. The molecule has 7 rings (SSSR count). The maximum atomic E-state index is 10.4. The Kier molecular flexibility index (Phi) is 4.24. The SMILES string of the molecule is [C-]#[N+]c1cc(-n2c3ccccc3c3ccccc32)cc(C#N)c1-n1c2ccccc2c2ccccc21. The van der Waals surface area contributed by atoms with Gasteiger partial charge in [0.25, 0.3) is 0 Å². The summed E-state index contributed by atoms with van der Waals surface area (Å²) in [7, 11) is 0. The van der Waals surface area contributed by atoms with E-state index >= 15 is 0 Å². The minimum absolute atomic E-state index is 0.442. The fraction of sp³-hybridized carbons (Fsp3) is 0. The van der Waals surface area contributed by atoms with Gasteiger partial charge in [0.05, 0.1) is 39.9 Å². The van der Waals surface area contributed by atoms with Crippen molar-refractivity contribution in [1.29, 1.82) is 5.26 Å². The lowest BCUT2D eigenvalue weighted by molar-refractivity contribution is 1.14. The van der Waals surface area contributed by atoms with E-state index in [9.17, 15) is 5.26 Å². The van der Waals surface area contributed by atoms with E-state index in [2.05, 4.69) is 56.4 Å². The van der Waals surface area contributed by atoms with Crippen LogP contribution >= 0.6 is 0 Å². The molecule has 4 nitrogen and oxygen atoms in total. The molecule has 0 aliphatic rings. The second-order valence-corrected chi connectivity index (χ2v) is 8.82. The van der Waals surface area contributed by atoms with E-state index in [0.717, 1.165) is 49.3 Å². The van der Waals surface area contributed by atoms with Crippen molar-refractivity contribution >= 4 is 49.3 Å².